The van der Waals surface area contributed by atoms with E-state index in [4.69, 9.17) is 0 Å². The highest BCUT2D eigenvalue weighted by molar-refractivity contribution is 5.86. The van der Waals surface area contributed by atoms with Gasteiger partial charge >= 0.3 is 0 Å². The van der Waals surface area contributed by atoms with E-state index in [1.54, 1.807) is 12.5 Å². The van der Waals surface area contributed by atoms with E-state index in [2.05, 4.69) is 96.1 Å². The number of hydrogen-bond donors (Lipinski definition) is 0. The minimum Gasteiger partial charge on any atom is -0.298 e. The molecule has 29 heavy (non-hydrogen) atoms. The molecule has 6 heteroatoms. The van der Waals surface area contributed by atoms with E-state index in [9.17, 15) is 0 Å². The molecule has 4 aromatic heterocycles. The highest BCUT2D eigenvalue weighted by Gasteiger charge is 2.19. The zero-order valence-electron chi connectivity index (χ0n) is 16.1. The second-order valence-electron chi connectivity index (χ2n) is 7.21. The number of rotatable bonds is 2. The van der Waals surface area contributed by atoms with E-state index in [0.29, 0.717) is 0 Å². The van der Waals surface area contributed by atoms with Crippen molar-refractivity contribution in [2.75, 3.05) is 0 Å². The Kier molecular flexibility index (Phi) is 3.20. The highest BCUT2D eigenvalue weighted by atomic mass is 15.2. The third-order valence-corrected chi connectivity index (χ3v) is 5.50. The van der Waals surface area contributed by atoms with Crippen molar-refractivity contribution in [2.45, 2.75) is 13.8 Å². The molecule has 0 fully saturated rings. The van der Waals surface area contributed by atoms with Gasteiger partial charge < -0.3 is 0 Å². The van der Waals surface area contributed by atoms with E-state index in [0.717, 1.165) is 39.5 Å². The largest absolute Gasteiger partial charge is 0.298 e. The molecular formula is C23H18N6. The van der Waals surface area contributed by atoms with Gasteiger partial charge in [-0.3, -0.25) is 13.5 Å². The van der Waals surface area contributed by atoms with Crippen molar-refractivity contribution in [2.24, 2.45) is 0 Å². The maximum Gasteiger partial charge on any atom is 0.168 e. The van der Waals surface area contributed by atoms with Crippen molar-refractivity contribution >= 4 is 27.8 Å². The van der Waals surface area contributed by atoms with Gasteiger partial charge in [0, 0.05) is 5.69 Å². The Morgan fingerprint density at radius 3 is 2.31 bits per heavy atom. The molecule has 0 unspecified atom stereocenters. The molecule has 4 heterocycles. The summed E-state index contributed by atoms with van der Waals surface area (Å²) in [5, 5.41) is 0. The predicted octanol–water partition coefficient (Wildman–Crippen LogP) is 4.63. The summed E-state index contributed by atoms with van der Waals surface area (Å²) in [6, 6.07) is 21.2. The van der Waals surface area contributed by atoms with E-state index in [-0.39, 0.29) is 0 Å². The van der Waals surface area contributed by atoms with E-state index < -0.39 is 0 Å². The van der Waals surface area contributed by atoms with Gasteiger partial charge in [-0.1, -0.05) is 24.3 Å². The second-order valence-corrected chi connectivity index (χ2v) is 7.21. The molecule has 0 saturated carbocycles. The fraction of sp³-hybridized carbons (Fsp3) is 0.0870. The van der Waals surface area contributed by atoms with Gasteiger partial charge in [-0.25, -0.2) is 15.0 Å². The molecule has 2 aromatic carbocycles. The van der Waals surface area contributed by atoms with Gasteiger partial charge in [-0.05, 0) is 50.2 Å². The van der Waals surface area contributed by atoms with Crippen molar-refractivity contribution in [1.82, 2.24) is 28.5 Å². The lowest BCUT2D eigenvalue weighted by molar-refractivity contribution is 0.964. The van der Waals surface area contributed by atoms with Gasteiger partial charge in [0.2, 0.25) is 0 Å². The molecule has 0 aliphatic carbocycles. The predicted molar refractivity (Wildman–Crippen MR) is 114 cm³/mol. The molecule has 6 aromatic rings. The van der Waals surface area contributed by atoms with E-state index >= 15 is 0 Å². The van der Waals surface area contributed by atoms with Crippen LogP contribution in [0.3, 0.4) is 0 Å². The Morgan fingerprint density at radius 1 is 0.759 bits per heavy atom. The summed E-state index contributed by atoms with van der Waals surface area (Å²) >= 11 is 0. The maximum atomic E-state index is 4.66. The Hall–Kier alpha value is -3.93. The number of aromatic nitrogens is 6. The van der Waals surface area contributed by atoms with Crippen LogP contribution in [0.25, 0.3) is 39.2 Å². The number of para-hydroxylation sites is 4. The van der Waals surface area contributed by atoms with Crippen LogP contribution >= 0.6 is 0 Å². The van der Waals surface area contributed by atoms with Crippen molar-refractivity contribution in [3.05, 3.63) is 84.7 Å². The fourth-order valence-electron chi connectivity index (χ4n) is 4.31. The second kappa shape index (κ2) is 5.78. The monoisotopic (exact) mass is 378 g/mol. The Balaban J connectivity index is 1.76. The maximum absolute atomic E-state index is 4.66. The first kappa shape index (κ1) is 16.1. The molecule has 0 aliphatic rings. The standard InChI is InChI=1S/C23H18N6/c1-15-11-12-22-27(15)18-7-3-5-9-20(18)29(22)21-10-6-4-8-19(21)28-16(2)26-17-13-24-14-25-23(17)28/h3-14H,1-2H3. The zero-order valence-corrected chi connectivity index (χ0v) is 16.1. The molecule has 0 saturated heterocycles. The van der Waals surface area contributed by atoms with Crippen molar-refractivity contribution in [3.8, 4) is 11.4 Å². The van der Waals surface area contributed by atoms with Crippen LogP contribution in [0.5, 0.6) is 0 Å². The number of nitrogens with zero attached hydrogens (tertiary/aromatic N) is 6. The Morgan fingerprint density at radius 2 is 1.48 bits per heavy atom. The summed E-state index contributed by atoms with van der Waals surface area (Å²) in [7, 11) is 0. The smallest absolute Gasteiger partial charge is 0.168 e. The minimum absolute atomic E-state index is 0.792. The SMILES string of the molecule is Cc1nc2cncnc2n1-c1ccccc1-n1c2ccccc2n2c(C)ccc12. The van der Waals surface area contributed by atoms with Crippen molar-refractivity contribution in [3.63, 3.8) is 0 Å². The first-order chi connectivity index (χ1) is 14.2. The molecule has 0 N–H and O–H groups in total. The number of fused-ring (bicyclic) bond motifs is 4. The van der Waals surface area contributed by atoms with Gasteiger partial charge in [-0.15, -0.1) is 0 Å². The van der Waals surface area contributed by atoms with Gasteiger partial charge in [-0.2, -0.15) is 0 Å². The van der Waals surface area contributed by atoms with Gasteiger partial charge in [0.15, 0.2) is 5.65 Å². The lowest BCUT2D eigenvalue weighted by Crippen LogP contribution is -2.05. The van der Waals surface area contributed by atoms with Gasteiger partial charge in [0.25, 0.3) is 0 Å². The van der Waals surface area contributed by atoms with Crippen molar-refractivity contribution in [1.29, 1.82) is 0 Å². The average Bonchev–Trinajstić information content (AvgIpc) is 3.38. The van der Waals surface area contributed by atoms with E-state index in [1.165, 1.54) is 11.2 Å². The third-order valence-electron chi connectivity index (χ3n) is 5.50. The van der Waals surface area contributed by atoms with Crippen LogP contribution in [-0.2, 0) is 0 Å². The molecule has 0 atom stereocenters. The summed E-state index contributed by atoms with van der Waals surface area (Å²) in [6.07, 6.45) is 3.33. The number of benzene rings is 2. The molecule has 6 rings (SSSR count). The molecule has 0 spiro atoms. The normalized spacial score (nSPS) is 11.8. The van der Waals surface area contributed by atoms with Crippen LogP contribution in [0.4, 0.5) is 0 Å². The Bertz CT molecular complexity index is 1530. The molecule has 0 amide bonds. The first-order valence-corrected chi connectivity index (χ1v) is 9.56. The lowest BCUT2D eigenvalue weighted by Gasteiger charge is -2.14. The summed E-state index contributed by atoms with van der Waals surface area (Å²) in [5.41, 5.74) is 8.41. The van der Waals surface area contributed by atoms with Crippen LogP contribution in [-0.4, -0.2) is 28.5 Å². The summed E-state index contributed by atoms with van der Waals surface area (Å²) in [4.78, 5) is 13.3. The Labute approximate surface area is 166 Å². The van der Waals surface area contributed by atoms with E-state index in [1.807, 2.05) is 6.92 Å². The summed E-state index contributed by atoms with van der Waals surface area (Å²) in [5.74, 6) is 0.881. The molecule has 0 bridgehead atoms. The number of hydrogen-bond acceptors (Lipinski definition) is 3. The fourth-order valence-corrected chi connectivity index (χ4v) is 4.31. The molecule has 140 valence electrons. The van der Waals surface area contributed by atoms with Crippen LogP contribution < -0.4 is 0 Å². The summed E-state index contributed by atoms with van der Waals surface area (Å²) < 4.78 is 6.71. The quantitative estimate of drug-likeness (QED) is 0.441. The topological polar surface area (TPSA) is 52.9 Å². The molecule has 0 radical (unpaired) electrons. The third kappa shape index (κ3) is 2.14. The molecule has 6 nitrogen and oxygen atoms in total. The van der Waals surface area contributed by atoms with Crippen molar-refractivity contribution < 1.29 is 0 Å². The van der Waals surface area contributed by atoms with Gasteiger partial charge in [0.05, 0.1) is 28.6 Å². The molecular weight excluding hydrogens is 360 g/mol. The summed E-state index contributed by atoms with van der Waals surface area (Å²) in [6.45, 7) is 4.14. The highest BCUT2D eigenvalue weighted by Crippen LogP contribution is 2.31. The zero-order chi connectivity index (χ0) is 19.5. The average molecular weight is 378 g/mol. The number of imidazole rings is 2. The van der Waals surface area contributed by atoms with Crippen LogP contribution in [0.15, 0.2) is 73.2 Å². The van der Waals surface area contributed by atoms with Crippen LogP contribution in [0.2, 0.25) is 0 Å². The first-order valence-electron chi connectivity index (χ1n) is 9.56. The minimum atomic E-state index is 0.792. The van der Waals surface area contributed by atoms with Crippen LogP contribution in [0.1, 0.15) is 11.5 Å². The van der Waals surface area contributed by atoms with Crippen LogP contribution in [0, 0.1) is 13.8 Å². The van der Waals surface area contributed by atoms with Gasteiger partial charge in [0.1, 0.15) is 23.3 Å². The lowest BCUT2D eigenvalue weighted by atomic mass is 10.2. The number of aryl methyl sites for hydroxylation is 2. The molecule has 0 aliphatic heterocycles.